The maximum atomic E-state index is 15.1. The number of halogens is 2. The summed E-state index contributed by atoms with van der Waals surface area (Å²) in [5.74, 6) is -1.45. The summed E-state index contributed by atoms with van der Waals surface area (Å²) in [4.78, 5) is 40.9. The molecule has 0 saturated carbocycles. The Balaban J connectivity index is 1.99. The molecule has 200 valence electrons. The highest BCUT2D eigenvalue weighted by molar-refractivity contribution is 7.99. The number of carbonyl (C=O) groups excluding carboxylic acids is 3. The lowest BCUT2D eigenvalue weighted by molar-refractivity contribution is -0.120. The Labute approximate surface area is 225 Å². The minimum atomic E-state index is -1.08. The molecule has 1 atom stereocenters. The Bertz CT molecular complexity index is 1180. The maximum absolute atomic E-state index is 15.1. The van der Waals surface area contributed by atoms with Crippen LogP contribution in [0.1, 0.15) is 63.4 Å². The van der Waals surface area contributed by atoms with E-state index >= 15 is 4.39 Å². The molecule has 37 heavy (non-hydrogen) atoms. The van der Waals surface area contributed by atoms with Crippen LogP contribution in [0, 0.1) is 5.82 Å². The Hall–Kier alpha value is -2.62. The first kappa shape index (κ1) is 28.9. The van der Waals surface area contributed by atoms with Crippen molar-refractivity contribution in [3.05, 3.63) is 58.4 Å². The summed E-state index contributed by atoms with van der Waals surface area (Å²) < 4.78 is 20.4. The predicted octanol–water partition coefficient (Wildman–Crippen LogP) is 5.75. The van der Waals surface area contributed by atoms with Gasteiger partial charge in [0.25, 0.3) is 5.91 Å². The van der Waals surface area contributed by atoms with Gasteiger partial charge in [-0.15, -0.1) is 11.8 Å². The molecule has 0 radical (unpaired) electrons. The number of ketones is 1. The van der Waals surface area contributed by atoms with Gasteiger partial charge in [-0.2, -0.15) is 0 Å². The molecule has 1 heterocycles. The van der Waals surface area contributed by atoms with E-state index in [1.165, 1.54) is 28.8 Å². The van der Waals surface area contributed by atoms with E-state index < -0.39 is 40.8 Å². The van der Waals surface area contributed by atoms with E-state index in [1.54, 1.807) is 58.9 Å². The van der Waals surface area contributed by atoms with Gasteiger partial charge in [-0.1, -0.05) is 23.7 Å². The Morgan fingerprint density at radius 1 is 1.19 bits per heavy atom. The predicted molar refractivity (Wildman–Crippen MR) is 143 cm³/mol. The second-order valence-electron chi connectivity index (χ2n) is 10.6. The van der Waals surface area contributed by atoms with Crippen molar-refractivity contribution in [2.45, 2.75) is 76.1 Å². The molecule has 0 spiro atoms. The topological polar surface area (TPSA) is 95.9 Å². The van der Waals surface area contributed by atoms with Crippen LogP contribution in [0.2, 0.25) is 5.02 Å². The van der Waals surface area contributed by atoms with Crippen LogP contribution in [-0.2, 0) is 16.1 Å². The summed E-state index contributed by atoms with van der Waals surface area (Å²) in [5.41, 5.74) is -0.864. The first-order chi connectivity index (χ1) is 17.1. The fraction of sp³-hybridized carbons (Fsp3) is 0.444. The summed E-state index contributed by atoms with van der Waals surface area (Å²) in [7, 11) is 0. The normalized spacial score (nSPS) is 16.2. The van der Waals surface area contributed by atoms with Crippen molar-refractivity contribution >= 4 is 46.8 Å². The number of thioether (sulfide) groups is 1. The molecule has 0 aliphatic carbocycles. The summed E-state index contributed by atoms with van der Waals surface area (Å²) in [5, 5.41) is 13.2. The van der Waals surface area contributed by atoms with Crippen molar-refractivity contribution in [2.75, 3.05) is 10.7 Å². The number of alkyl carbamates (subject to hydrolysis) is 1. The van der Waals surface area contributed by atoms with Crippen molar-refractivity contribution in [1.82, 2.24) is 5.32 Å². The van der Waals surface area contributed by atoms with Crippen LogP contribution in [0.25, 0.3) is 0 Å². The summed E-state index contributed by atoms with van der Waals surface area (Å²) in [6.45, 7) is 8.43. The third-order valence-corrected chi connectivity index (χ3v) is 6.91. The molecular weight excluding hydrogens is 519 g/mol. The number of aliphatic hydroxyl groups is 1. The molecule has 0 fully saturated rings. The van der Waals surface area contributed by atoms with E-state index in [9.17, 15) is 19.5 Å². The number of carbonyl (C=O) groups is 3. The van der Waals surface area contributed by atoms with E-state index in [1.807, 2.05) is 0 Å². The zero-order chi connectivity index (χ0) is 27.5. The van der Waals surface area contributed by atoms with Gasteiger partial charge in [0.1, 0.15) is 17.5 Å². The third-order valence-electron chi connectivity index (χ3n) is 5.52. The lowest BCUT2D eigenvalue weighted by Gasteiger charge is -2.27. The molecule has 0 aromatic heterocycles. The second-order valence-corrected chi connectivity index (χ2v) is 12.1. The molecule has 2 N–H and O–H groups in total. The van der Waals surface area contributed by atoms with Gasteiger partial charge in [0.05, 0.1) is 23.4 Å². The van der Waals surface area contributed by atoms with Crippen molar-refractivity contribution < 1.29 is 28.6 Å². The van der Waals surface area contributed by atoms with Crippen molar-refractivity contribution in [1.29, 1.82) is 0 Å². The number of hydrogen-bond acceptors (Lipinski definition) is 6. The van der Waals surface area contributed by atoms with Crippen LogP contribution < -0.4 is 10.2 Å². The first-order valence-electron chi connectivity index (χ1n) is 11.9. The monoisotopic (exact) mass is 550 g/mol. The average molecular weight is 551 g/mol. The lowest BCUT2D eigenvalue weighted by atomic mass is 9.97. The number of rotatable bonds is 7. The molecule has 2 aromatic carbocycles. The smallest absolute Gasteiger partial charge is 0.408 e. The van der Waals surface area contributed by atoms with Crippen molar-refractivity contribution in [2.24, 2.45) is 0 Å². The van der Waals surface area contributed by atoms with E-state index in [0.717, 1.165) is 5.56 Å². The standard InChI is InChI=1S/C27H32ClFN2O5S/c1-26(2,3)36-25(34)30-20-15-37-23-13-19(29)18(22(32)10-11-27(4,5)35)12-21(23)31(24(20)33)14-16-6-8-17(28)9-7-16/h6-9,12-13,20,35H,10-11,14-15H2,1-5H3,(H,30,34)/t20-/m0/s1. The van der Waals surface area contributed by atoms with E-state index in [-0.39, 0.29) is 30.7 Å². The number of anilines is 1. The largest absolute Gasteiger partial charge is 0.444 e. The molecule has 0 unspecified atom stereocenters. The fourth-order valence-corrected chi connectivity index (χ4v) is 4.88. The molecule has 7 nitrogen and oxygen atoms in total. The van der Waals surface area contributed by atoms with Gasteiger partial charge in [-0.3, -0.25) is 9.59 Å². The van der Waals surface area contributed by atoms with Crippen LogP contribution in [-0.4, -0.2) is 45.9 Å². The lowest BCUT2D eigenvalue weighted by Crippen LogP contribution is -2.50. The van der Waals surface area contributed by atoms with Gasteiger partial charge in [0.2, 0.25) is 0 Å². The fourth-order valence-electron chi connectivity index (χ4n) is 3.68. The minimum Gasteiger partial charge on any atom is -0.444 e. The third kappa shape index (κ3) is 8.18. The molecule has 1 aliphatic rings. The van der Waals surface area contributed by atoms with Gasteiger partial charge in [-0.05, 0) is 70.9 Å². The summed E-state index contributed by atoms with van der Waals surface area (Å²) >= 11 is 7.22. The molecule has 0 bridgehead atoms. The van der Waals surface area contributed by atoms with Crippen LogP contribution >= 0.6 is 23.4 Å². The Kier molecular flexibility index (Phi) is 8.93. The average Bonchev–Trinajstić information content (AvgIpc) is 2.88. The first-order valence-corrected chi connectivity index (χ1v) is 13.3. The number of ether oxygens (including phenoxy) is 1. The summed E-state index contributed by atoms with van der Waals surface area (Å²) in [6.07, 6.45) is -0.635. The van der Waals surface area contributed by atoms with Crippen LogP contribution in [0.3, 0.4) is 0 Å². The van der Waals surface area contributed by atoms with Crippen molar-refractivity contribution in [3.63, 3.8) is 0 Å². The highest BCUT2D eigenvalue weighted by atomic mass is 35.5. The zero-order valence-corrected chi connectivity index (χ0v) is 23.1. The van der Waals surface area contributed by atoms with Gasteiger partial charge < -0.3 is 20.1 Å². The number of fused-ring (bicyclic) bond motifs is 1. The number of benzene rings is 2. The molecule has 10 heteroatoms. The van der Waals surface area contributed by atoms with E-state index in [2.05, 4.69) is 5.32 Å². The second kappa shape index (κ2) is 11.4. The highest BCUT2D eigenvalue weighted by Crippen LogP contribution is 2.38. The Morgan fingerprint density at radius 3 is 2.43 bits per heavy atom. The number of Topliss-reactive ketones (excluding diaryl/α,β-unsaturated/α-hetero) is 1. The number of nitrogens with one attached hydrogen (secondary N) is 1. The molecule has 3 rings (SSSR count). The van der Waals surface area contributed by atoms with Gasteiger partial charge >= 0.3 is 6.09 Å². The molecule has 2 aromatic rings. The highest BCUT2D eigenvalue weighted by Gasteiger charge is 2.34. The maximum Gasteiger partial charge on any atom is 0.408 e. The molecule has 2 amide bonds. The van der Waals surface area contributed by atoms with Gasteiger partial charge in [0, 0.05) is 22.1 Å². The van der Waals surface area contributed by atoms with Crippen LogP contribution in [0.5, 0.6) is 0 Å². The SMILES string of the molecule is CC(C)(O)CCC(=O)c1cc2c(cc1F)SC[C@H](NC(=O)OC(C)(C)C)C(=O)N2Cc1ccc(Cl)cc1. The summed E-state index contributed by atoms with van der Waals surface area (Å²) in [6, 6.07) is 8.61. The Morgan fingerprint density at radius 2 is 1.84 bits per heavy atom. The van der Waals surface area contributed by atoms with Gasteiger partial charge in [0.15, 0.2) is 5.78 Å². The van der Waals surface area contributed by atoms with Crippen LogP contribution in [0.4, 0.5) is 14.9 Å². The zero-order valence-electron chi connectivity index (χ0n) is 21.6. The number of nitrogens with zero attached hydrogens (tertiary/aromatic N) is 1. The van der Waals surface area contributed by atoms with Gasteiger partial charge in [-0.25, -0.2) is 9.18 Å². The van der Waals surface area contributed by atoms with Crippen LogP contribution in [0.15, 0.2) is 41.3 Å². The van der Waals surface area contributed by atoms with E-state index in [0.29, 0.717) is 15.6 Å². The molecular formula is C27H32ClFN2O5S. The van der Waals surface area contributed by atoms with Crippen molar-refractivity contribution in [3.8, 4) is 0 Å². The van der Waals surface area contributed by atoms with E-state index in [4.69, 9.17) is 16.3 Å². The molecule has 0 saturated heterocycles. The number of hydrogen-bond donors (Lipinski definition) is 2. The quantitative estimate of drug-likeness (QED) is 0.426. The molecule has 1 aliphatic heterocycles. The number of amides is 2. The minimum absolute atomic E-state index is 0.0553.